The summed E-state index contributed by atoms with van der Waals surface area (Å²) in [7, 11) is 1.63. The second-order valence-corrected chi connectivity index (χ2v) is 4.36. The number of aryl methyl sites for hydroxylation is 1. The van der Waals surface area contributed by atoms with Gasteiger partial charge in [0.2, 0.25) is 0 Å². The van der Waals surface area contributed by atoms with Gasteiger partial charge in [-0.1, -0.05) is 6.92 Å². The summed E-state index contributed by atoms with van der Waals surface area (Å²) in [5.74, 6) is -0.264. The van der Waals surface area contributed by atoms with Gasteiger partial charge in [0.15, 0.2) is 0 Å². The number of alkyl halides is 3. The Kier molecular flexibility index (Phi) is 3.45. The van der Waals surface area contributed by atoms with E-state index >= 15 is 0 Å². The Morgan fingerprint density at radius 1 is 1.30 bits per heavy atom. The SMILES string of the molecule is CCc1nc(-c2ccc(F)cc2C(F)(F)F)c(N)n1C. The molecule has 0 spiro atoms. The van der Waals surface area contributed by atoms with E-state index in [0.717, 1.165) is 12.1 Å². The minimum atomic E-state index is -4.67. The fourth-order valence-electron chi connectivity index (χ4n) is 2.03. The molecular formula is C13H13F4N3. The van der Waals surface area contributed by atoms with Crippen molar-refractivity contribution in [1.82, 2.24) is 9.55 Å². The highest BCUT2D eigenvalue weighted by Crippen LogP contribution is 2.39. The van der Waals surface area contributed by atoms with E-state index in [1.165, 1.54) is 4.57 Å². The number of imidazole rings is 1. The molecule has 0 aliphatic carbocycles. The molecule has 3 nitrogen and oxygen atoms in total. The first kappa shape index (κ1) is 14.4. The van der Waals surface area contributed by atoms with Crippen LogP contribution < -0.4 is 5.73 Å². The molecule has 0 atom stereocenters. The van der Waals surface area contributed by atoms with Gasteiger partial charge in [-0.15, -0.1) is 0 Å². The molecule has 0 bridgehead atoms. The zero-order chi connectivity index (χ0) is 15.1. The van der Waals surface area contributed by atoms with Gasteiger partial charge >= 0.3 is 6.18 Å². The lowest BCUT2D eigenvalue weighted by molar-refractivity contribution is -0.137. The third kappa shape index (κ3) is 2.35. The number of hydrogen-bond donors (Lipinski definition) is 1. The maximum Gasteiger partial charge on any atom is 0.417 e. The molecule has 0 amide bonds. The van der Waals surface area contributed by atoms with Gasteiger partial charge in [-0.25, -0.2) is 9.37 Å². The van der Waals surface area contributed by atoms with Crippen molar-refractivity contribution in [3.63, 3.8) is 0 Å². The number of nitrogens with zero attached hydrogens (tertiary/aromatic N) is 2. The molecular weight excluding hydrogens is 274 g/mol. The summed E-state index contributed by atoms with van der Waals surface area (Å²) in [5, 5.41) is 0. The summed E-state index contributed by atoms with van der Waals surface area (Å²) >= 11 is 0. The number of hydrogen-bond acceptors (Lipinski definition) is 2. The van der Waals surface area contributed by atoms with Gasteiger partial charge in [-0.05, 0) is 18.2 Å². The molecule has 7 heteroatoms. The van der Waals surface area contributed by atoms with Crippen LogP contribution in [0.1, 0.15) is 18.3 Å². The number of nitrogens with two attached hydrogens (primary N) is 1. The van der Waals surface area contributed by atoms with Crippen LogP contribution in [0.2, 0.25) is 0 Å². The highest BCUT2D eigenvalue weighted by molar-refractivity contribution is 5.74. The lowest BCUT2D eigenvalue weighted by atomic mass is 10.0. The quantitative estimate of drug-likeness (QED) is 0.860. The average Bonchev–Trinajstić information content (AvgIpc) is 2.65. The van der Waals surface area contributed by atoms with Gasteiger partial charge in [0.25, 0.3) is 0 Å². The van der Waals surface area contributed by atoms with Crippen molar-refractivity contribution in [2.24, 2.45) is 7.05 Å². The van der Waals surface area contributed by atoms with Crippen LogP contribution in [0.3, 0.4) is 0 Å². The largest absolute Gasteiger partial charge is 0.417 e. The van der Waals surface area contributed by atoms with Crippen molar-refractivity contribution >= 4 is 5.82 Å². The van der Waals surface area contributed by atoms with Crippen LogP contribution in [0, 0.1) is 5.82 Å². The van der Waals surface area contributed by atoms with Gasteiger partial charge in [0.05, 0.1) is 5.56 Å². The van der Waals surface area contributed by atoms with Gasteiger partial charge in [-0.2, -0.15) is 13.2 Å². The number of benzene rings is 1. The number of halogens is 4. The minimum Gasteiger partial charge on any atom is -0.383 e. The fourth-order valence-corrected chi connectivity index (χ4v) is 2.03. The number of anilines is 1. The first-order valence-electron chi connectivity index (χ1n) is 5.93. The summed E-state index contributed by atoms with van der Waals surface area (Å²) in [5.41, 5.74) is 4.53. The molecule has 0 saturated heterocycles. The zero-order valence-electron chi connectivity index (χ0n) is 10.9. The van der Waals surface area contributed by atoms with Gasteiger partial charge in [0, 0.05) is 19.0 Å². The highest BCUT2D eigenvalue weighted by atomic mass is 19.4. The van der Waals surface area contributed by atoms with Crippen LogP contribution in [0.25, 0.3) is 11.3 Å². The van der Waals surface area contributed by atoms with Crippen LogP contribution in [-0.2, 0) is 19.6 Å². The standard InChI is InChI=1S/C13H13F4N3/c1-3-10-19-11(12(18)20(10)2)8-5-4-7(14)6-9(8)13(15,16)17/h4-6H,3,18H2,1-2H3. The molecule has 0 saturated carbocycles. The average molecular weight is 287 g/mol. The van der Waals surface area contributed by atoms with E-state index in [9.17, 15) is 17.6 Å². The Bertz CT molecular complexity index is 644. The van der Waals surface area contributed by atoms with E-state index in [1.54, 1.807) is 7.05 Å². The van der Waals surface area contributed by atoms with Crippen molar-refractivity contribution in [1.29, 1.82) is 0 Å². The summed E-state index contributed by atoms with van der Waals surface area (Å²) in [6.45, 7) is 1.82. The molecule has 1 aromatic carbocycles. The van der Waals surface area contributed by atoms with Gasteiger partial charge in [0.1, 0.15) is 23.2 Å². The van der Waals surface area contributed by atoms with E-state index < -0.39 is 17.6 Å². The first-order chi connectivity index (χ1) is 9.25. The summed E-state index contributed by atoms with van der Waals surface area (Å²) in [4.78, 5) is 4.12. The summed E-state index contributed by atoms with van der Waals surface area (Å²) in [6, 6.07) is 2.47. The summed E-state index contributed by atoms with van der Waals surface area (Å²) in [6.07, 6.45) is -4.14. The van der Waals surface area contributed by atoms with Crippen LogP contribution in [0.15, 0.2) is 18.2 Å². The van der Waals surface area contributed by atoms with Crippen molar-refractivity contribution in [2.45, 2.75) is 19.5 Å². The summed E-state index contributed by atoms with van der Waals surface area (Å²) < 4.78 is 53.6. The second-order valence-electron chi connectivity index (χ2n) is 4.36. The van der Waals surface area contributed by atoms with Gasteiger partial charge < -0.3 is 10.3 Å². The van der Waals surface area contributed by atoms with E-state index in [0.29, 0.717) is 18.3 Å². The van der Waals surface area contributed by atoms with E-state index in [1.807, 2.05) is 6.92 Å². The predicted molar refractivity (Wildman–Crippen MR) is 67.4 cm³/mol. The van der Waals surface area contributed by atoms with Crippen LogP contribution in [0.5, 0.6) is 0 Å². The topological polar surface area (TPSA) is 43.8 Å². The Morgan fingerprint density at radius 2 is 1.95 bits per heavy atom. The van der Waals surface area contributed by atoms with Crippen LogP contribution >= 0.6 is 0 Å². The lowest BCUT2D eigenvalue weighted by Gasteiger charge is -2.12. The predicted octanol–water partition coefficient (Wildman–Crippen LogP) is 3.39. The van der Waals surface area contributed by atoms with E-state index in [4.69, 9.17) is 5.73 Å². The Balaban J connectivity index is 2.70. The maximum atomic E-state index is 13.1. The van der Waals surface area contributed by atoms with E-state index in [2.05, 4.69) is 4.98 Å². The van der Waals surface area contributed by atoms with Crippen molar-refractivity contribution in [3.8, 4) is 11.3 Å². The van der Waals surface area contributed by atoms with Crippen molar-refractivity contribution < 1.29 is 17.6 Å². The molecule has 108 valence electrons. The van der Waals surface area contributed by atoms with E-state index in [-0.39, 0.29) is 17.1 Å². The minimum absolute atomic E-state index is 0.0247. The zero-order valence-corrected chi connectivity index (χ0v) is 10.9. The van der Waals surface area contributed by atoms with Crippen molar-refractivity contribution in [2.75, 3.05) is 5.73 Å². The van der Waals surface area contributed by atoms with Crippen LogP contribution in [-0.4, -0.2) is 9.55 Å². The Labute approximate surface area is 113 Å². The van der Waals surface area contributed by atoms with Gasteiger partial charge in [-0.3, -0.25) is 0 Å². The molecule has 0 aliphatic rings. The normalized spacial score (nSPS) is 11.9. The molecule has 0 fully saturated rings. The molecule has 1 aromatic heterocycles. The first-order valence-corrected chi connectivity index (χ1v) is 5.93. The Morgan fingerprint density at radius 3 is 2.45 bits per heavy atom. The molecule has 0 unspecified atom stereocenters. The Hall–Kier alpha value is -2.05. The molecule has 0 radical (unpaired) electrons. The highest BCUT2D eigenvalue weighted by Gasteiger charge is 2.35. The smallest absolute Gasteiger partial charge is 0.383 e. The lowest BCUT2D eigenvalue weighted by Crippen LogP contribution is -2.08. The maximum absolute atomic E-state index is 13.1. The molecule has 20 heavy (non-hydrogen) atoms. The number of aromatic nitrogens is 2. The monoisotopic (exact) mass is 287 g/mol. The third-order valence-electron chi connectivity index (χ3n) is 3.09. The van der Waals surface area contributed by atoms with Crippen LogP contribution in [0.4, 0.5) is 23.4 Å². The molecule has 2 N–H and O–H groups in total. The molecule has 1 heterocycles. The second kappa shape index (κ2) is 4.81. The molecule has 2 rings (SSSR count). The third-order valence-corrected chi connectivity index (χ3v) is 3.09. The fraction of sp³-hybridized carbons (Fsp3) is 0.308. The number of rotatable bonds is 2. The molecule has 0 aliphatic heterocycles. The number of nitrogen functional groups attached to an aromatic ring is 1. The molecule has 2 aromatic rings. The van der Waals surface area contributed by atoms with Crippen molar-refractivity contribution in [3.05, 3.63) is 35.4 Å².